The first-order valence-corrected chi connectivity index (χ1v) is 5.62. The molecule has 16 heavy (non-hydrogen) atoms. The third-order valence-electron chi connectivity index (χ3n) is 2.79. The van der Waals surface area contributed by atoms with E-state index in [1.807, 2.05) is 25.1 Å². The van der Waals surface area contributed by atoms with E-state index >= 15 is 0 Å². The number of carbonyl (C=O) groups is 1. The van der Waals surface area contributed by atoms with Crippen LogP contribution in [0.15, 0.2) is 24.3 Å². The van der Waals surface area contributed by atoms with Gasteiger partial charge in [-0.05, 0) is 31.4 Å². The lowest BCUT2D eigenvalue weighted by atomic mass is 10.1. The first-order chi connectivity index (χ1) is 7.77. The molecule has 1 aliphatic rings. The maximum Gasteiger partial charge on any atom is 0.338 e. The molecule has 0 amide bonds. The van der Waals surface area contributed by atoms with Gasteiger partial charge in [0.2, 0.25) is 0 Å². The highest BCUT2D eigenvalue weighted by atomic mass is 16.6. The number of ether oxygens (including phenoxy) is 2. The molecule has 0 aliphatic carbocycles. The molecule has 2 rings (SSSR count). The molecule has 1 atom stereocenters. The maximum atomic E-state index is 11.7. The molecule has 0 N–H and O–H groups in total. The molecule has 3 nitrogen and oxygen atoms in total. The smallest absolute Gasteiger partial charge is 0.338 e. The van der Waals surface area contributed by atoms with E-state index in [9.17, 15) is 4.79 Å². The second kappa shape index (κ2) is 5.12. The Labute approximate surface area is 95.4 Å². The third kappa shape index (κ3) is 2.61. The van der Waals surface area contributed by atoms with Crippen molar-refractivity contribution in [1.29, 1.82) is 0 Å². The molecule has 0 bridgehead atoms. The van der Waals surface area contributed by atoms with Crippen molar-refractivity contribution >= 4 is 5.97 Å². The Balaban J connectivity index is 1.90. The lowest BCUT2D eigenvalue weighted by molar-refractivity contribution is 0.0160. The van der Waals surface area contributed by atoms with Gasteiger partial charge in [0.05, 0.1) is 11.7 Å². The van der Waals surface area contributed by atoms with Crippen molar-refractivity contribution in [1.82, 2.24) is 0 Å². The second-order valence-corrected chi connectivity index (χ2v) is 4.05. The number of hydrogen-bond donors (Lipinski definition) is 0. The number of rotatable bonds is 3. The molecule has 1 aromatic rings. The molecule has 86 valence electrons. The van der Waals surface area contributed by atoms with Gasteiger partial charge in [0.25, 0.3) is 0 Å². The number of benzene rings is 1. The predicted molar refractivity (Wildman–Crippen MR) is 60.4 cm³/mol. The van der Waals surface area contributed by atoms with Gasteiger partial charge in [0.1, 0.15) is 6.61 Å². The molecule has 1 aromatic carbocycles. The highest BCUT2D eigenvalue weighted by Gasteiger charge is 2.18. The van der Waals surface area contributed by atoms with Crippen molar-refractivity contribution < 1.29 is 14.3 Å². The fraction of sp³-hybridized carbons (Fsp3) is 0.462. The van der Waals surface area contributed by atoms with E-state index < -0.39 is 0 Å². The van der Waals surface area contributed by atoms with E-state index in [4.69, 9.17) is 9.47 Å². The van der Waals surface area contributed by atoms with E-state index in [2.05, 4.69) is 0 Å². The van der Waals surface area contributed by atoms with Gasteiger partial charge in [0.15, 0.2) is 0 Å². The molecule has 3 heteroatoms. The normalized spacial score (nSPS) is 19.7. The molecular weight excluding hydrogens is 204 g/mol. The zero-order valence-corrected chi connectivity index (χ0v) is 9.44. The van der Waals surface area contributed by atoms with Crippen LogP contribution in [0.4, 0.5) is 0 Å². The van der Waals surface area contributed by atoms with Gasteiger partial charge >= 0.3 is 5.97 Å². The van der Waals surface area contributed by atoms with Crippen molar-refractivity contribution in [2.24, 2.45) is 0 Å². The zero-order chi connectivity index (χ0) is 11.4. The molecule has 0 unspecified atom stereocenters. The molecular formula is C13H16O3. The van der Waals surface area contributed by atoms with Crippen LogP contribution in [-0.4, -0.2) is 25.3 Å². The SMILES string of the molecule is Cc1ccccc1C(=O)OC[C@@H]1CCCO1. The van der Waals surface area contributed by atoms with Crippen LogP contribution in [0.3, 0.4) is 0 Å². The Hall–Kier alpha value is -1.35. The number of esters is 1. The number of carbonyl (C=O) groups excluding carboxylic acids is 1. The van der Waals surface area contributed by atoms with Gasteiger partial charge in [0, 0.05) is 6.61 Å². The first-order valence-electron chi connectivity index (χ1n) is 5.62. The standard InChI is InChI=1S/C13H16O3/c1-10-5-2-3-7-12(10)13(14)16-9-11-6-4-8-15-11/h2-3,5,7,11H,4,6,8-9H2,1H3/t11-/m0/s1. The molecule has 1 aliphatic heterocycles. The quantitative estimate of drug-likeness (QED) is 0.733. The number of aryl methyl sites for hydroxylation is 1. The summed E-state index contributed by atoms with van der Waals surface area (Å²) in [5, 5.41) is 0. The summed E-state index contributed by atoms with van der Waals surface area (Å²) in [7, 11) is 0. The largest absolute Gasteiger partial charge is 0.459 e. The van der Waals surface area contributed by atoms with Crippen molar-refractivity contribution in [3.05, 3.63) is 35.4 Å². The van der Waals surface area contributed by atoms with Crippen LogP contribution in [0.25, 0.3) is 0 Å². The summed E-state index contributed by atoms with van der Waals surface area (Å²) in [5.74, 6) is -0.256. The highest BCUT2D eigenvalue weighted by Crippen LogP contribution is 2.14. The Morgan fingerprint density at radius 1 is 1.50 bits per heavy atom. The Morgan fingerprint density at radius 3 is 3.00 bits per heavy atom. The fourth-order valence-electron chi connectivity index (χ4n) is 1.82. The summed E-state index contributed by atoms with van der Waals surface area (Å²) in [6.45, 7) is 3.06. The Bertz CT molecular complexity index is 367. The fourth-order valence-corrected chi connectivity index (χ4v) is 1.82. The van der Waals surface area contributed by atoms with Gasteiger partial charge in [-0.25, -0.2) is 4.79 Å². The van der Waals surface area contributed by atoms with Crippen LogP contribution in [0.5, 0.6) is 0 Å². The van der Waals surface area contributed by atoms with Gasteiger partial charge < -0.3 is 9.47 Å². The molecule has 0 saturated carbocycles. The maximum absolute atomic E-state index is 11.7. The highest BCUT2D eigenvalue weighted by molar-refractivity contribution is 5.90. The minimum absolute atomic E-state index is 0.0907. The molecule has 1 fully saturated rings. The van der Waals surface area contributed by atoms with Crippen LogP contribution in [0.1, 0.15) is 28.8 Å². The topological polar surface area (TPSA) is 35.5 Å². The van der Waals surface area contributed by atoms with Gasteiger partial charge in [-0.1, -0.05) is 18.2 Å². The van der Waals surface area contributed by atoms with Gasteiger partial charge in [-0.3, -0.25) is 0 Å². The minimum atomic E-state index is -0.256. The molecule has 0 aromatic heterocycles. The summed E-state index contributed by atoms with van der Waals surface area (Å²) in [6.07, 6.45) is 2.14. The Morgan fingerprint density at radius 2 is 2.31 bits per heavy atom. The average Bonchev–Trinajstić information content (AvgIpc) is 2.79. The zero-order valence-electron chi connectivity index (χ0n) is 9.44. The van der Waals surface area contributed by atoms with Crippen molar-refractivity contribution in [3.8, 4) is 0 Å². The van der Waals surface area contributed by atoms with E-state index in [1.165, 1.54) is 0 Å². The van der Waals surface area contributed by atoms with Gasteiger partial charge in [-0.2, -0.15) is 0 Å². The third-order valence-corrected chi connectivity index (χ3v) is 2.79. The lowest BCUT2D eigenvalue weighted by Crippen LogP contribution is -2.18. The van der Waals surface area contributed by atoms with Crippen LogP contribution < -0.4 is 0 Å². The van der Waals surface area contributed by atoms with Crippen LogP contribution >= 0.6 is 0 Å². The molecule has 0 radical (unpaired) electrons. The summed E-state index contributed by atoms with van der Waals surface area (Å²) in [5.41, 5.74) is 1.58. The monoisotopic (exact) mass is 220 g/mol. The summed E-state index contributed by atoms with van der Waals surface area (Å²) < 4.78 is 10.6. The minimum Gasteiger partial charge on any atom is -0.459 e. The Kier molecular flexibility index (Phi) is 3.57. The number of hydrogen-bond acceptors (Lipinski definition) is 3. The summed E-state index contributed by atoms with van der Waals surface area (Å²) in [4.78, 5) is 11.7. The molecule has 0 spiro atoms. The van der Waals surface area contributed by atoms with Crippen LogP contribution in [0.2, 0.25) is 0 Å². The lowest BCUT2D eigenvalue weighted by Gasteiger charge is -2.11. The van der Waals surface area contributed by atoms with E-state index in [-0.39, 0.29) is 12.1 Å². The second-order valence-electron chi connectivity index (χ2n) is 4.05. The van der Waals surface area contributed by atoms with E-state index in [1.54, 1.807) is 6.07 Å². The van der Waals surface area contributed by atoms with Crippen LogP contribution in [-0.2, 0) is 9.47 Å². The predicted octanol–water partition coefficient (Wildman–Crippen LogP) is 2.33. The molecule has 1 saturated heterocycles. The van der Waals surface area contributed by atoms with Crippen molar-refractivity contribution in [2.75, 3.05) is 13.2 Å². The summed E-state index contributed by atoms with van der Waals surface area (Å²) in [6, 6.07) is 7.44. The van der Waals surface area contributed by atoms with E-state index in [0.29, 0.717) is 12.2 Å². The first kappa shape index (κ1) is 11.1. The van der Waals surface area contributed by atoms with Gasteiger partial charge in [-0.15, -0.1) is 0 Å². The summed E-state index contributed by atoms with van der Waals surface area (Å²) >= 11 is 0. The molecule has 1 heterocycles. The average molecular weight is 220 g/mol. The van der Waals surface area contributed by atoms with Crippen molar-refractivity contribution in [3.63, 3.8) is 0 Å². The van der Waals surface area contributed by atoms with Crippen molar-refractivity contribution in [2.45, 2.75) is 25.9 Å². The van der Waals surface area contributed by atoms with E-state index in [0.717, 1.165) is 25.0 Å². The van der Waals surface area contributed by atoms with Crippen LogP contribution in [0, 0.1) is 6.92 Å².